The van der Waals surface area contributed by atoms with Gasteiger partial charge in [0.15, 0.2) is 0 Å². The molecule has 7 aromatic carbocycles. The van der Waals surface area contributed by atoms with Gasteiger partial charge in [-0.05, 0) is 123 Å². The maximum absolute atomic E-state index is 13.2. The van der Waals surface area contributed by atoms with Gasteiger partial charge in [0.2, 0.25) is 0 Å². The summed E-state index contributed by atoms with van der Waals surface area (Å²) in [7, 11) is 0. The summed E-state index contributed by atoms with van der Waals surface area (Å²) in [6, 6.07) is 46.3. The highest BCUT2D eigenvalue weighted by Crippen LogP contribution is 2.53. The second kappa shape index (κ2) is 13.5. The molecule has 0 spiro atoms. The minimum absolute atomic E-state index is 0.165. The Balaban J connectivity index is 1.19. The van der Waals surface area contributed by atoms with Gasteiger partial charge in [-0.25, -0.2) is 9.59 Å². The van der Waals surface area contributed by atoms with E-state index in [2.05, 4.69) is 160 Å². The van der Waals surface area contributed by atoms with E-state index >= 15 is 0 Å². The molecule has 2 heterocycles. The van der Waals surface area contributed by atoms with E-state index in [-0.39, 0.29) is 10.8 Å². The molecule has 1 atom stereocenters. The number of fused-ring (bicyclic) bond motifs is 8. The number of pyridine rings is 1. The zero-order valence-corrected chi connectivity index (χ0v) is 35.6. The van der Waals surface area contributed by atoms with Gasteiger partial charge in [0.05, 0.1) is 29.6 Å². The second-order valence-corrected chi connectivity index (χ2v) is 18.4. The zero-order chi connectivity index (χ0) is 41.9. The maximum Gasteiger partial charge on any atom is 0.346 e. The molecular weight excluding hydrogens is 749 g/mol. The topological polar surface area (TPSA) is 55.5 Å². The third kappa shape index (κ3) is 5.35. The predicted octanol–water partition coefficient (Wildman–Crippen LogP) is 14.0. The van der Waals surface area contributed by atoms with Crippen LogP contribution in [0.15, 0.2) is 141 Å². The number of anilines is 3. The van der Waals surface area contributed by atoms with Crippen molar-refractivity contribution in [2.75, 3.05) is 4.90 Å². The van der Waals surface area contributed by atoms with E-state index in [4.69, 9.17) is 4.42 Å². The highest BCUT2D eigenvalue weighted by atomic mass is 16.4. The van der Waals surface area contributed by atoms with E-state index < -0.39 is 11.3 Å². The van der Waals surface area contributed by atoms with Gasteiger partial charge in [-0.3, -0.25) is 0 Å². The fourth-order valence-electron chi connectivity index (χ4n) is 11.1. The Morgan fingerprint density at radius 3 is 1.67 bits per heavy atom. The van der Waals surface area contributed by atoms with E-state index in [1.54, 1.807) is 0 Å². The van der Waals surface area contributed by atoms with Crippen LogP contribution in [0.4, 0.5) is 17.1 Å². The first-order valence-electron chi connectivity index (χ1n) is 21.9. The molecule has 0 saturated heterocycles. The van der Waals surface area contributed by atoms with Crippen molar-refractivity contribution in [3.63, 3.8) is 0 Å². The molecule has 2 aliphatic rings. The summed E-state index contributed by atoms with van der Waals surface area (Å²) in [5.41, 5.74) is 14.4. The molecule has 5 nitrogen and oxygen atoms in total. The van der Waals surface area contributed by atoms with Crippen molar-refractivity contribution in [3.8, 4) is 22.3 Å². The third-order valence-corrected chi connectivity index (χ3v) is 14.4. The number of unbranched alkanes of at least 4 members (excludes halogenated alkanes) is 1. The molecule has 0 fully saturated rings. The molecule has 2 aromatic heterocycles. The number of aromatic nitrogens is 1. The predicted molar refractivity (Wildman–Crippen MR) is 253 cm³/mol. The van der Waals surface area contributed by atoms with Gasteiger partial charge in [0, 0.05) is 56.1 Å². The lowest BCUT2D eigenvalue weighted by molar-refractivity contribution is 0.403. The molecule has 0 bridgehead atoms. The molecule has 5 heteroatoms. The number of rotatable bonds is 9. The van der Waals surface area contributed by atoms with E-state index in [1.807, 2.05) is 18.2 Å². The lowest BCUT2D eigenvalue weighted by Gasteiger charge is -2.30. The van der Waals surface area contributed by atoms with Crippen molar-refractivity contribution in [2.24, 2.45) is 5.92 Å². The molecule has 9 aromatic rings. The van der Waals surface area contributed by atoms with Crippen LogP contribution in [0.5, 0.6) is 0 Å². The number of hydrogen-bond acceptors (Lipinski definition) is 4. The summed E-state index contributed by atoms with van der Waals surface area (Å²) < 4.78 is 7.66. The van der Waals surface area contributed by atoms with Gasteiger partial charge >= 0.3 is 11.3 Å². The average Bonchev–Trinajstić information content (AvgIpc) is 3.64. The Hall–Kier alpha value is -6.59. The lowest BCUT2D eigenvalue weighted by atomic mass is 9.82. The fraction of sp³-hybridized carbons (Fsp3) is 0.232. The fourth-order valence-corrected chi connectivity index (χ4v) is 11.1. The van der Waals surface area contributed by atoms with E-state index in [0.29, 0.717) is 22.1 Å². The van der Waals surface area contributed by atoms with Crippen LogP contribution in [0.25, 0.3) is 65.6 Å². The third-order valence-electron chi connectivity index (χ3n) is 14.4. The molecule has 0 amide bonds. The second-order valence-electron chi connectivity index (χ2n) is 18.4. The largest absolute Gasteiger partial charge is 0.386 e. The first-order valence-corrected chi connectivity index (χ1v) is 21.9. The molecule has 0 radical (unpaired) electrons. The standard InChI is InChI=1S/C56H49N2O3/c1-7-9-14-33(8-2)32-57-49-28-27-44-51-43(53(59)61-54(44)60)26-25-42(52(49)51)41-24-21-36(31-50(41)57)58(34-19-22-39-37-15-10-12-17-45(37)55(3,4)47(39)29-34)35-20-23-40-38-16-11-13-18-46(38)56(5,6)48(40)30-35/h10-13,15-31,33H,1,7-9,14,32H2,2-6H3/q+1. The molecule has 61 heavy (non-hydrogen) atoms. The number of nitrogens with zero attached hydrogens (tertiary/aromatic N) is 2. The lowest BCUT2D eigenvalue weighted by Crippen LogP contribution is -2.18. The van der Waals surface area contributed by atoms with Crippen molar-refractivity contribution in [2.45, 2.75) is 77.7 Å². The Morgan fingerprint density at radius 1 is 0.574 bits per heavy atom. The molecule has 2 aliphatic carbocycles. The quantitative estimate of drug-likeness (QED) is 0.0829. The molecule has 300 valence electrons. The van der Waals surface area contributed by atoms with E-state index in [1.165, 1.54) is 44.5 Å². The van der Waals surface area contributed by atoms with Gasteiger partial charge in [-0.15, -0.1) is 0 Å². The van der Waals surface area contributed by atoms with Gasteiger partial charge in [0.25, 0.3) is 0 Å². The van der Waals surface area contributed by atoms with Crippen LogP contribution in [-0.2, 0) is 17.4 Å². The minimum atomic E-state index is -0.590. The molecule has 0 saturated carbocycles. The van der Waals surface area contributed by atoms with Crippen molar-refractivity contribution >= 4 is 60.4 Å². The van der Waals surface area contributed by atoms with Crippen LogP contribution in [-0.4, -0.2) is 4.57 Å². The van der Waals surface area contributed by atoms with Crippen LogP contribution in [0.1, 0.15) is 82.6 Å². The molecular formula is C56H49N2O3+. The van der Waals surface area contributed by atoms with Crippen LogP contribution in [0, 0.1) is 12.8 Å². The smallest absolute Gasteiger partial charge is 0.346 e. The highest BCUT2D eigenvalue weighted by Gasteiger charge is 2.38. The van der Waals surface area contributed by atoms with Crippen molar-refractivity contribution < 1.29 is 4.42 Å². The summed E-state index contributed by atoms with van der Waals surface area (Å²) in [5.74, 6) is 0.412. The van der Waals surface area contributed by atoms with Gasteiger partial charge in [-0.1, -0.05) is 114 Å². The van der Waals surface area contributed by atoms with Crippen LogP contribution in [0.3, 0.4) is 0 Å². The minimum Gasteiger partial charge on any atom is -0.386 e. The summed E-state index contributed by atoms with van der Waals surface area (Å²) in [4.78, 5) is 28.7. The normalized spacial score (nSPS) is 15.0. The molecule has 0 aliphatic heterocycles. The maximum atomic E-state index is 13.2. The SMILES string of the molecule is [CH2+]CCCC(CC)Cn1c2cc(N(c3ccc4c(c3)C(C)(C)c3ccccc3-4)c3ccc4c(c3)C(C)(C)c3ccccc3-4)ccc2c2ccc3c(=O)oc(=O)c4ccc1c2c34. The van der Waals surface area contributed by atoms with Gasteiger partial charge in [0.1, 0.15) is 0 Å². The Labute approximate surface area is 356 Å². The Bertz CT molecular complexity index is 3250. The summed E-state index contributed by atoms with van der Waals surface area (Å²) in [6.45, 7) is 16.6. The summed E-state index contributed by atoms with van der Waals surface area (Å²) in [6.07, 6.45) is 4.04. The number of hydrogen-bond donors (Lipinski definition) is 0. The average molecular weight is 798 g/mol. The van der Waals surface area contributed by atoms with Crippen LogP contribution in [0.2, 0.25) is 0 Å². The first-order chi connectivity index (χ1) is 29.5. The Morgan fingerprint density at radius 2 is 1.08 bits per heavy atom. The van der Waals surface area contributed by atoms with E-state index in [9.17, 15) is 9.59 Å². The summed E-state index contributed by atoms with van der Waals surface area (Å²) in [5, 5.41) is 4.59. The zero-order valence-electron chi connectivity index (χ0n) is 35.6. The van der Waals surface area contributed by atoms with E-state index in [0.717, 1.165) is 76.5 Å². The highest BCUT2D eigenvalue weighted by molar-refractivity contribution is 6.27. The van der Waals surface area contributed by atoms with Crippen LogP contribution < -0.4 is 16.2 Å². The summed E-state index contributed by atoms with van der Waals surface area (Å²) >= 11 is 0. The molecule has 0 N–H and O–H groups in total. The molecule has 11 rings (SSSR count). The first kappa shape index (κ1) is 37.4. The van der Waals surface area contributed by atoms with Crippen molar-refractivity contribution in [1.82, 2.24) is 4.57 Å². The number of benzene rings is 7. The van der Waals surface area contributed by atoms with Crippen LogP contribution >= 0.6 is 0 Å². The molecule has 1 unspecified atom stereocenters. The monoisotopic (exact) mass is 797 g/mol. The van der Waals surface area contributed by atoms with Crippen molar-refractivity contribution in [1.29, 1.82) is 0 Å². The van der Waals surface area contributed by atoms with Gasteiger partial charge < -0.3 is 13.9 Å². The van der Waals surface area contributed by atoms with Gasteiger partial charge in [-0.2, -0.15) is 0 Å². The Kier molecular flexibility index (Phi) is 8.25. The van der Waals surface area contributed by atoms with Crippen molar-refractivity contribution in [3.05, 3.63) is 177 Å².